The summed E-state index contributed by atoms with van der Waals surface area (Å²) in [6.45, 7) is -0.0901. The summed E-state index contributed by atoms with van der Waals surface area (Å²) in [5, 5.41) is 0. The van der Waals surface area contributed by atoms with Crippen molar-refractivity contribution in [3.63, 3.8) is 0 Å². The molecule has 156 valence electrons. The van der Waals surface area contributed by atoms with E-state index < -0.39 is 21.8 Å². The summed E-state index contributed by atoms with van der Waals surface area (Å²) in [7, 11) is -0.981. The number of methoxy groups -OCH3 is 1. The van der Waals surface area contributed by atoms with Crippen LogP contribution in [0.4, 0.5) is 10.1 Å². The molecule has 0 fully saturated rings. The molecular formula is C22H20FNO5S. The van der Waals surface area contributed by atoms with E-state index in [9.17, 15) is 17.6 Å². The summed E-state index contributed by atoms with van der Waals surface area (Å²) in [5.41, 5.74) is 1.09. The molecule has 0 radical (unpaired) electrons. The van der Waals surface area contributed by atoms with Gasteiger partial charge in [-0.2, -0.15) is 0 Å². The van der Waals surface area contributed by atoms with Gasteiger partial charge in [-0.15, -0.1) is 0 Å². The molecule has 0 saturated heterocycles. The maximum atomic E-state index is 13.2. The lowest BCUT2D eigenvalue weighted by Gasteiger charge is -2.21. The SMILES string of the molecule is COc1ccccc1N(C)S(=O)(=O)c1ccc(C(=O)OCc2cccc(F)c2)cc1. The van der Waals surface area contributed by atoms with Crippen LogP contribution < -0.4 is 9.04 Å². The topological polar surface area (TPSA) is 72.9 Å². The van der Waals surface area contributed by atoms with Crippen molar-refractivity contribution >= 4 is 21.7 Å². The molecule has 0 aliphatic heterocycles. The maximum Gasteiger partial charge on any atom is 0.338 e. The van der Waals surface area contributed by atoms with Crippen molar-refractivity contribution in [3.05, 3.63) is 89.7 Å². The van der Waals surface area contributed by atoms with Crippen molar-refractivity contribution < 1.29 is 27.1 Å². The monoisotopic (exact) mass is 429 g/mol. The summed E-state index contributed by atoms with van der Waals surface area (Å²) in [6.07, 6.45) is 0. The number of carbonyl (C=O) groups excluding carboxylic acids is 1. The fraction of sp³-hybridized carbons (Fsp3) is 0.136. The molecule has 0 aromatic heterocycles. The normalized spacial score (nSPS) is 11.0. The second kappa shape index (κ2) is 8.96. The van der Waals surface area contributed by atoms with Crippen molar-refractivity contribution in [1.82, 2.24) is 0 Å². The Morgan fingerprint density at radius 3 is 2.37 bits per heavy atom. The Hall–Kier alpha value is -3.39. The summed E-state index contributed by atoms with van der Waals surface area (Å²) < 4.78 is 50.6. The van der Waals surface area contributed by atoms with Gasteiger partial charge in [0.1, 0.15) is 18.2 Å². The van der Waals surface area contributed by atoms with Crippen LogP contribution >= 0.6 is 0 Å². The van der Waals surface area contributed by atoms with Crippen molar-refractivity contribution in [2.75, 3.05) is 18.5 Å². The van der Waals surface area contributed by atoms with E-state index in [-0.39, 0.29) is 17.1 Å². The van der Waals surface area contributed by atoms with E-state index in [1.54, 1.807) is 30.3 Å². The van der Waals surface area contributed by atoms with Crippen LogP contribution in [0, 0.1) is 5.82 Å². The molecule has 8 heteroatoms. The Balaban J connectivity index is 1.74. The maximum absolute atomic E-state index is 13.2. The smallest absolute Gasteiger partial charge is 0.338 e. The Bertz CT molecular complexity index is 1150. The Kier molecular flexibility index (Phi) is 6.37. The first-order chi connectivity index (χ1) is 14.3. The van der Waals surface area contributed by atoms with Gasteiger partial charge in [-0.05, 0) is 54.1 Å². The van der Waals surface area contributed by atoms with Crippen LogP contribution in [-0.4, -0.2) is 28.5 Å². The molecule has 0 aliphatic carbocycles. The first-order valence-electron chi connectivity index (χ1n) is 8.96. The van der Waals surface area contributed by atoms with Gasteiger partial charge >= 0.3 is 5.97 Å². The molecule has 0 amide bonds. The van der Waals surface area contributed by atoms with E-state index in [0.717, 1.165) is 4.31 Å². The van der Waals surface area contributed by atoms with Gasteiger partial charge in [0.05, 0.1) is 23.3 Å². The second-order valence-electron chi connectivity index (χ2n) is 6.37. The minimum atomic E-state index is -3.87. The molecule has 0 N–H and O–H groups in total. The predicted octanol–water partition coefficient (Wildman–Crippen LogP) is 4.02. The fourth-order valence-corrected chi connectivity index (χ4v) is 4.01. The van der Waals surface area contributed by atoms with E-state index in [0.29, 0.717) is 17.0 Å². The highest BCUT2D eigenvalue weighted by Crippen LogP contribution is 2.30. The van der Waals surface area contributed by atoms with Gasteiger partial charge in [-0.25, -0.2) is 17.6 Å². The number of nitrogens with zero attached hydrogens (tertiary/aromatic N) is 1. The molecule has 0 aliphatic rings. The third-order valence-corrected chi connectivity index (χ3v) is 6.22. The quantitative estimate of drug-likeness (QED) is 0.531. The van der Waals surface area contributed by atoms with Crippen LogP contribution in [0.15, 0.2) is 77.7 Å². The van der Waals surface area contributed by atoms with Crippen LogP contribution in [0.3, 0.4) is 0 Å². The standard InChI is InChI=1S/C22H20FNO5S/c1-24(20-8-3-4-9-21(20)28-2)30(26,27)19-12-10-17(11-13-19)22(25)29-15-16-6-5-7-18(23)14-16/h3-14H,15H2,1-2H3. The van der Waals surface area contributed by atoms with Crippen molar-refractivity contribution in [1.29, 1.82) is 0 Å². The highest BCUT2D eigenvalue weighted by molar-refractivity contribution is 7.92. The summed E-state index contributed by atoms with van der Waals surface area (Å²) in [4.78, 5) is 12.2. The lowest BCUT2D eigenvalue weighted by molar-refractivity contribution is 0.0472. The zero-order valence-electron chi connectivity index (χ0n) is 16.4. The molecule has 3 rings (SSSR count). The van der Waals surface area contributed by atoms with Crippen molar-refractivity contribution in [2.24, 2.45) is 0 Å². The van der Waals surface area contributed by atoms with Crippen LogP contribution in [0.5, 0.6) is 5.75 Å². The number of esters is 1. The Labute approximate surface area is 174 Å². The van der Waals surface area contributed by atoms with Crippen molar-refractivity contribution in [2.45, 2.75) is 11.5 Å². The van der Waals surface area contributed by atoms with Crippen molar-refractivity contribution in [3.8, 4) is 5.75 Å². The van der Waals surface area contributed by atoms with E-state index in [1.807, 2.05) is 0 Å². The van der Waals surface area contributed by atoms with E-state index in [4.69, 9.17) is 9.47 Å². The van der Waals surface area contributed by atoms with Gasteiger partial charge in [0.25, 0.3) is 10.0 Å². The van der Waals surface area contributed by atoms with Crippen LogP contribution in [-0.2, 0) is 21.4 Å². The molecule has 0 spiro atoms. The van der Waals surface area contributed by atoms with Crippen LogP contribution in [0.25, 0.3) is 0 Å². The summed E-state index contributed by atoms with van der Waals surface area (Å²) in [5.74, 6) is -0.639. The number of rotatable bonds is 7. The zero-order valence-corrected chi connectivity index (χ0v) is 17.2. The molecule has 0 bridgehead atoms. The van der Waals surface area contributed by atoms with Crippen LogP contribution in [0.1, 0.15) is 15.9 Å². The largest absolute Gasteiger partial charge is 0.495 e. The molecular weight excluding hydrogens is 409 g/mol. The average molecular weight is 429 g/mol. The first-order valence-corrected chi connectivity index (χ1v) is 10.4. The van der Waals surface area contributed by atoms with Crippen LogP contribution in [0.2, 0.25) is 0 Å². The molecule has 30 heavy (non-hydrogen) atoms. The molecule has 0 saturated carbocycles. The van der Waals surface area contributed by atoms with E-state index >= 15 is 0 Å². The highest BCUT2D eigenvalue weighted by Gasteiger charge is 2.24. The Morgan fingerprint density at radius 2 is 1.70 bits per heavy atom. The number of para-hydroxylation sites is 2. The molecule has 0 atom stereocenters. The third kappa shape index (κ3) is 4.60. The van der Waals surface area contributed by atoms with Gasteiger partial charge in [0.2, 0.25) is 0 Å². The molecule has 0 unspecified atom stereocenters. The third-order valence-electron chi connectivity index (χ3n) is 4.43. The minimum absolute atomic E-state index is 0.0117. The Morgan fingerprint density at radius 1 is 1.00 bits per heavy atom. The predicted molar refractivity (Wildman–Crippen MR) is 111 cm³/mol. The zero-order chi connectivity index (χ0) is 21.7. The summed E-state index contributed by atoms with van der Waals surface area (Å²) >= 11 is 0. The number of hydrogen-bond acceptors (Lipinski definition) is 5. The lowest BCUT2D eigenvalue weighted by Crippen LogP contribution is -2.27. The minimum Gasteiger partial charge on any atom is -0.495 e. The molecule has 6 nitrogen and oxygen atoms in total. The second-order valence-corrected chi connectivity index (χ2v) is 8.34. The first kappa shape index (κ1) is 21.3. The van der Waals surface area contributed by atoms with Gasteiger partial charge in [0.15, 0.2) is 0 Å². The number of hydrogen-bond donors (Lipinski definition) is 0. The summed E-state index contributed by atoms with van der Waals surface area (Å²) in [6, 6.07) is 17.9. The van der Waals surface area contributed by atoms with E-state index in [2.05, 4.69) is 0 Å². The number of halogens is 1. The van der Waals surface area contributed by atoms with Gasteiger partial charge < -0.3 is 9.47 Å². The lowest BCUT2D eigenvalue weighted by atomic mass is 10.2. The van der Waals surface area contributed by atoms with Gasteiger partial charge in [-0.3, -0.25) is 4.31 Å². The number of ether oxygens (including phenoxy) is 2. The molecule has 3 aromatic carbocycles. The molecule has 3 aromatic rings. The number of benzene rings is 3. The number of sulfonamides is 1. The number of carbonyl (C=O) groups is 1. The van der Waals surface area contributed by atoms with Gasteiger partial charge in [-0.1, -0.05) is 24.3 Å². The molecule has 0 heterocycles. The van der Waals surface area contributed by atoms with Gasteiger partial charge in [0, 0.05) is 7.05 Å². The average Bonchev–Trinajstić information content (AvgIpc) is 2.77. The fourth-order valence-electron chi connectivity index (χ4n) is 2.80. The van der Waals surface area contributed by atoms with E-state index in [1.165, 1.54) is 56.6 Å². The number of anilines is 1. The highest BCUT2D eigenvalue weighted by atomic mass is 32.2.